The lowest BCUT2D eigenvalue weighted by atomic mass is 10.1. The van der Waals surface area contributed by atoms with Crippen LogP contribution in [-0.4, -0.2) is 30.8 Å². The largest absolute Gasteiger partial charge is 0.376 e. The molecule has 3 aromatic carbocycles. The van der Waals surface area contributed by atoms with Crippen molar-refractivity contribution in [3.63, 3.8) is 0 Å². The SMILES string of the molecule is CCCCNC(=O)c1ccc(NCC(=O)Nc2ccc(C(=O)NCc3ccccc3)cc2)cc1. The van der Waals surface area contributed by atoms with E-state index in [9.17, 15) is 14.4 Å². The first-order valence-electron chi connectivity index (χ1n) is 11.4. The Bertz CT molecular complexity index is 1080. The first-order valence-corrected chi connectivity index (χ1v) is 11.4. The Balaban J connectivity index is 1.42. The third-order valence-corrected chi connectivity index (χ3v) is 5.14. The maximum Gasteiger partial charge on any atom is 0.251 e. The van der Waals surface area contributed by atoms with Gasteiger partial charge in [0.05, 0.1) is 6.54 Å². The lowest BCUT2D eigenvalue weighted by molar-refractivity contribution is -0.114. The molecule has 0 aliphatic rings. The van der Waals surface area contributed by atoms with Crippen molar-refractivity contribution in [1.29, 1.82) is 0 Å². The van der Waals surface area contributed by atoms with Crippen LogP contribution in [-0.2, 0) is 11.3 Å². The highest BCUT2D eigenvalue weighted by molar-refractivity contribution is 5.97. The third-order valence-electron chi connectivity index (χ3n) is 5.14. The number of amides is 3. The van der Waals surface area contributed by atoms with Gasteiger partial charge in [0, 0.05) is 35.6 Å². The number of hydrogen-bond acceptors (Lipinski definition) is 4. The predicted molar refractivity (Wildman–Crippen MR) is 135 cm³/mol. The summed E-state index contributed by atoms with van der Waals surface area (Å²) in [5.41, 5.74) is 3.47. The molecule has 34 heavy (non-hydrogen) atoms. The van der Waals surface area contributed by atoms with Crippen LogP contribution >= 0.6 is 0 Å². The van der Waals surface area contributed by atoms with E-state index in [1.807, 2.05) is 30.3 Å². The molecular weight excluding hydrogens is 428 g/mol. The zero-order valence-corrected chi connectivity index (χ0v) is 19.3. The van der Waals surface area contributed by atoms with E-state index in [1.54, 1.807) is 48.5 Å². The van der Waals surface area contributed by atoms with Crippen LogP contribution < -0.4 is 21.3 Å². The number of carbonyl (C=O) groups excluding carboxylic acids is 3. The number of benzene rings is 3. The molecule has 0 aliphatic heterocycles. The second kappa shape index (κ2) is 12.8. The fourth-order valence-electron chi connectivity index (χ4n) is 3.19. The minimum Gasteiger partial charge on any atom is -0.376 e. The van der Waals surface area contributed by atoms with Crippen molar-refractivity contribution in [3.8, 4) is 0 Å². The van der Waals surface area contributed by atoms with Crippen LogP contribution in [0.1, 0.15) is 46.0 Å². The molecule has 0 bridgehead atoms. The summed E-state index contributed by atoms with van der Waals surface area (Å²) in [6, 6.07) is 23.4. The van der Waals surface area contributed by atoms with E-state index in [0.29, 0.717) is 29.9 Å². The average molecular weight is 459 g/mol. The highest BCUT2D eigenvalue weighted by Gasteiger charge is 2.08. The standard InChI is InChI=1S/C27H30N4O3/c1-2-3-17-28-26(33)21-9-13-23(14-10-21)29-19-25(32)31-24-15-11-22(12-16-24)27(34)30-18-20-7-5-4-6-8-20/h4-16,29H,2-3,17-19H2,1H3,(H,28,33)(H,30,34)(H,31,32). The molecule has 0 saturated carbocycles. The van der Waals surface area contributed by atoms with E-state index < -0.39 is 0 Å². The first-order chi connectivity index (χ1) is 16.5. The van der Waals surface area contributed by atoms with Crippen LogP contribution in [0.4, 0.5) is 11.4 Å². The third kappa shape index (κ3) is 7.78. The van der Waals surface area contributed by atoms with Gasteiger partial charge in [0.25, 0.3) is 11.8 Å². The molecule has 176 valence electrons. The molecule has 7 nitrogen and oxygen atoms in total. The number of anilines is 2. The fourth-order valence-corrected chi connectivity index (χ4v) is 3.19. The summed E-state index contributed by atoms with van der Waals surface area (Å²) in [5, 5.41) is 11.6. The van der Waals surface area contributed by atoms with Crippen molar-refractivity contribution in [2.45, 2.75) is 26.3 Å². The van der Waals surface area contributed by atoms with Crippen molar-refractivity contribution in [3.05, 3.63) is 95.6 Å². The number of rotatable bonds is 11. The monoisotopic (exact) mass is 458 g/mol. The Morgan fingerprint density at radius 1 is 0.706 bits per heavy atom. The quantitative estimate of drug-likeness (QED) is 0.324. The lowest BCUT2D eigenvalue weighted by Gasteiger charge is -2.10. The van der Waals surface area contributed by atoms with Gasteiger partial charge in [-0.25, -0.2) is 0 Å². The Morgan fingerprint density at radius 3 is 1.91 bits per heavy atom. The molecule has 0 heterocycles. The summed E-state index contributed by atoms with van der Waals surface area (Å²) in [6.07, 6.45) is 1.98. The maximum atomic E-state index is 12.3. The van der Waals surface area contributed by atoms with Gasteiger partial charge in [-0.3, -0.25) is 14.4 Å². The number of hydrogen-bond donors (Lipinski definition) is 4. The van der Waals surface area contributed by atoms with Gasteiger partial charge in [-0.05, 0) is 60.5 Å². The highest BCUT2D eigenvalue weighted by atomic mass is 16.2. The van der Waals surface area contributed by atoms with Crippen molar-refractivity contribution in [1.82, 2.24) is 10.6 Å². The first kappa shape index (κ1) is 24.5. The van der Waals surface area contributed by atoms with Crippen LogP contribution in [0.15, 0.2) is 78.9 Å². The van der Waals surface area contributed by atoms with Gasteiger partial charge in [0.15, 0.2) is 0 Å². The van der Waals surface area contributed by atoms with Crippen LogP contribution in [0.2, 0.25) is 0 Å². The molecular formula is C27H30N4O3. The van der Waals surface area contributed by atoms with E-state index in [-0.39, 0.29) is 24.3 Å². The van der Waals surface area contributed by atoms with Crippen LogP contribution in [0.25, 0.3) is 0 Å². The van der Waals surface area contributed by atoms with E-state index in [1.165, 1.54) is 0 Å². The number of nitrogens with one attached hydrogen (secondary N) is 4. The van der Waals surface area contributed by atoms with Gasteiger partial charge in [-0.15, -0.1) is 0 Å². The minimum absolute atomic E-state index is 0.0708. The topological polar surface area (TPSA) is 99.3 Å². The summed E-state index contributed by atoms with van der Waals surface area (Å²) in [4.78, 5) is 36.6. The van der Waals surface area contributed by atoms with Crippen LogP contribution in [0, 0.1) is 0 Å². The Morgan fingerprint density at radius 2 is 1.29 bits per heavy atom. The molecule has 0 atom stereocenters. The Hall–Kier alpha value is -4.13. The van der Waals surface area contributed by atoms with Crippen LogP contribution in [0.5, 0.6) is 0 Å². The van der Waals surface area contributed by atoms with Crippen molar-refractivity contribution < 1.29 is 14.4 Å². The average Bonchev–Trinajstić information content (AvgIpc) is 2.87. The Kier molecular flexibility index (Phi) is 9.22. The molecule has 4 N–H and O–H groups in total. The second-order valence-electron chi connectivity index (χ2n) is 7.83. The highest BCUT2D eigenvalue weighted by Crippen LogP contribution is 2.12. The molecule has 0 unspecified atom stereocenters. The molecule has 7 heteroatoms. The smallest absolute Gasteiger partial charge is 0.251 e. The zero-order valence-electron chi connectivity index (χ0n) is 19.3. The van der Waals surface area contributed by atoms with Gasteiger partial charge < -0.3 is 21.3 Å². The molecule has 3 rings (SSSR count). The molecule has 3 amide bonds. The van der Waals surface area contributed by atoms with Gasteiger partial charge >= 0.3 is 0 Å². The summed E-state index contributed by atoms with van der Waals surface area (Å²) in [7, 11) is 0. The molecule has 0 aromatic heterocycles. The van der Waals surface area contributed by atoms with Gasteiger partial charge in [-0.1, -0.05) is 43.7 Å². The minimum atomic E-state index is -0.220. The fraction of sp³-hybridized carbons (Fsp3) is 0.222. The van der Waals surface area contributed by atoms with Crippen molar-refractivity contribution in [2.24, 2.45) is 0 Å². The van der Waals surface area contributed by atoms with Crippen molar-refractivity contribution >= 4 is 29.1 Å². The Labute approximate surface area is 200 Å². The summed E-state index contributed by atoms with van der Waals surface area (Å²) in [5.74, 6) is -0.497. The second-order valence-corrected chi connectivity index (χ2v) is 7.83. The zero-order chi connectivity index (χ0) is 24.2. The van der Waals surface area contributed by atoms with Gasteiger partial charge in [0.1, 0.15) is 0 Å². The molecule has 0 spiro atoms. The van der Waals surface area contributed by atoms with Crippen molar-refractivity contribution in [2.75, 3.05) is 23.7 Å². The molecule has 0 saturated heterocycles. The molecule has 0 fully saturated rings. The summed E-state index contributed by atoms with van der Waals surface area (Å²) >= 11 is 0. The van der Waals surface area contributed by atoms with E-state index in [4.69, 9.17) is 0 Å². The number of unbranched alkanes of at least 4 members (excludes halogenated alkanes) is 1. The van der Waals surface area contributed by atoms with E-state index in [0.717, 1.165) is 24.1 Å². The summed E-state index contributed by atoms with van der Waals surface area (Å²) < 4.78 is 0. The van der Waals surface area contributed by atoms with Gasteiger partial charge in [-0.2, -0.15) is 0 Å². The normalized spacial score (nSPS) is 10.3. The lowest BCUT2D eigenvalue weighted by Crippen LogP contribution is -2.24. The van der Waals surface area contributed by atoms with Gasteiger partial charge in [0.2, 0.25) is 5.91 Å². The molecule has 0 aliphatic carbocycles. The van der Waals surface area contributed by atoms with E-state index >= 15 is 0 Å². The van der Waals surface area contributed by atoms with E-state index in [2.05, 4.69) is 28.2 Å². The maximum absolute atomic E-state index is 12.3. The molecule has 3 aromatic rings. The summed E-state index contributed by atoms with van der Waals surface area (Å²) in [6.45, 7) is 3.26. The molecule has 0 radical (unpaired) electrons. The number of carbonyl (C=O) groups is 3. The predicted octanol–water partition coefficient (Wildman–Crippen LogP) is 4.20. The van der Waals surface area contributed by atoms with Crippen LogP contribution in [0.3, 0.4) is 0 Å².